The lowest BCUT2D eigenvalue weighted by Crippen LogP contribution is -2.56. The number of hydrogen-bond acceptors (Lipinski definition) is 10. The maximum atomic E-state index is 14.2. The van der Waals surface area contributed by atoms with E-state index in [-0.39, 0.29) is 36.2 Å². The van der Waals surface area contributed by atoms with Crippen LogP contribution in [0.2, 0.25) is 5.02 Å². The van der Waals surface area contributed by atoms with Crippen molar-refractivity contribution in [3.63, 3.8) is 0 Å². The molecule has 0 bridgehead atoms. The Kier molecular flexibility index (Phi) is 9.58. The topological polar surface area (TPSA) is 264 Å². The Morgan fingerprint density at radius 1 is 1.02 bits per heavy atom. The molecule has 2 heterocycles. The molecular weight excluding hydrogens is 697 g/mol. The Morgan fingerprint density at radius 3 is 2.31 bits per heavy atom. The number of fused-ring (bicyclic) bond motifs is 1. The Bertz CT molecular complexity index is 1950. The van der Waals surface area contributed by atoms with E-state index in [1.165, 1.54) is 6.07 Å². The number of amides is 6. The molecule has 8 N–H and O–H groups in total. The molecule has 1 fully saturated rings. The molecule has 49 heavy (non-hydrogen) atoms. The predicted octanol–water partition coefficient (Wildman–Crippen LogP) is 0.860. The maximum Gasteiger partial charge on any atom is 0.547 e. The Hall–Kier alpha value is -5.20. The molecule has 5 rings (SSSR count). The molecule has 2 aliphatic rings. The van der Waals surface area contributed by atoms with Crippen molar-refractivity contribution in [1.29, 1.82) is 0 Å². The van der Waals surface area contributed by atoms with Crippen LogP contribution in [0.5, 0.6) is 17.2 Å². The number of carboxylic acid groups (broad SMARTS) is 1. The fourth-order valence-corrected chi connectivity index (χ4v) is 5.94. The summed E-state index contributed by atoms with van der Waals surface area (Å²) in [5.41, 5.74) is -1.11. The van der Waals surface area contributed by atoms with E-state index in [4.69, 9.17) is 16.3 Å². The van der Waals surface area contributed by atoms with Crippen LogP contribution in [-0.2, 0) is 15.8 Å². The third kappa shape index (κ3) is 6.88. The molecule has 3 aromatic carbocycles. The van der Waals surface area contributed by atoms with E-state index in [1.54, 1.807) is 0 Å². The van der Waals surface area contributed by atoms with Crippen molar-refractivity contribution in [2.45, 2.75) is 18.4 Å². The number of benzene rings is 3. The summed E-state index contributed by atoms with van der Waals surface area (Å²) < 4.78 is 31.1. The van der Waals surface area contributed by atoms with Crippen molar-refractivity contribution in [1.82, 2.24) is 20.4 Å². The zero-order valence-electron chi connectivity index (χ0n) is 24.6. The van der Waals surface area contributed by atoms with Crippen molar-refractivity contribution in [2.24, 2.45) is 0 Å². The van der Waals surface area contributed by atoms with Gasteiger partial charge in [-0.3, -0.25) is 19.1 Å². The van der Waals surface area contributed by atoms with Gasteiger partial charge in [0.1, 0.15) is 23.2 Å². The molecule has 0 radical (unpaired) electrons. The van der Waals surface area contributed by atoms with E-state index in [0.717, 1.165) is 42.5 Å². The second-order valence-electron chi connectivity index (χ2n) is 10.7. The van der Waals surface area contributed by atoms with Crippen LogP contribution in [0.4, 0.5) is 14.0 Å². The van der Waals surface area contributed by atoms with Crippen molar-refractivity contribution in [3.05, 3.63) is 81.6 Å². The molecule has 17 nitrogen and oxygen atoms in total. The number of aromatic hydroxyl groups is 2. The molecule has 6 amide bonds. The van der Waals surface area contributed by atoms with Gasteiger partial charge in [0.15, 0.2) is 11.5 Å². The van der Waals surface area contributed by atoms with Gasteiger partial charge in [-0.15, -0.1) is 0 Å². The van der Waals surface area contributed by atoms with E-state index < -0.39 is 95.5 Å². The first-order valence-electron chi connectivity index (χ1n) is 14.0. The van der Waals surface area contributed by atoms with Gasteiger partial charge in [0, 0.05) is 6.54 Å². The van der Waals surface area contributed by atoms with Gasteiger partial charge in [-0.2, -0.15) is 0 Å². The highest BCUT2D eigenvalue weighted by Crippen LogP contribution is 2.37. The second-order valence-corrected chi connectivity index (χ2v) is 12.7. The third-order valence-corrected chi connectivity index (χ3v) is 9.02. The quantitative estimate of drug-likeness (QED) is 0.0958. The lowest BCUT2D eigenvalue weighted by atomic mass is 9.72. The van der Waals surface area contributed by atoms with Crippen LogP contribution in [0.1, 0.15) is 37.9 Å². The first-order chi connectivity index (χ1) is 23.0. The lowest BCUT2D eigenvalue weighted by Gasteiger charge is -2.30. The molecule has 0 spiro atoms. The summed E-state index contributed by atoms with van der Waals surface area (Å²) in [6.45, 7) is -0.696. The highest BCUT2D eigenvalue weighted by molar-refractivity contribution is 7.60. The molecule has 1 saturated heterocycles. The number of phenolic OH excluding ortho intramolecular Hbond substituents is 2. The highest BCUT2D eigenvalue weighted by Gasteiger charge is 2.42. The van der Waals surface area contributed by atoms with Crippen LogP contribution in [0.3, 0.4) is 0 Å². The van der Waals surface area contributed by atoms with Crippen molar-refractivity contribution < 1.29 is 67.7 Å². The monoisotopic (exact) mass is 720 g/mol. The van der Waals surface area contributed by atoms with Gasteiger partial charge >= 0.3 is 32.7 Å². The Labute approximate surface area is 279 Å². The lowest BCUT2D eigenvalue weighted by molar-refractivity contribution is -0.123. The normalized spacial score (nSPS) is 16.5. The zero-order valence-corrected chi connectivity index (χ0v) is 26.3. The smallest absolute Gasteiger partial charge is 0.534 e. The second kappa shape index (κ2) is 13.4. The predicted molar refractivity (Wildman–Crippen MR) is 165 cm³/mol. The summed E-state index contributed by atoms with van der Waals surface area (Å²) in [6.07, 6.45) is -0.252. The average Bonchev–Trinajstić information content (AvgIpc) is 3.43. The number of rotatable bonds is 7. The summed E-state index contributed by atoms with van der Waals surface area (Å²) in [4.78, 5) is 85.0. The zero-order chi connectivity index (χ0) is 35.9. The summed E-state index contributed by atoms with van der Waals surface area (Å²) in [5.74, 6) is -7.98. The SMILES string of the molecule is O=C(O)c1c(F)ccc2c1OB(O)C(NC(=O)[C@H](NC(=O)N1CCN(C(=O)c3ccc(O)c(O)c3Cl)C1=O)c1ccc(P(=O)(O)O)cc1)C2. The number of carbonyl (C=O) groups is 5. The van der Waals surface area contributed by atoms with E-state index >= 15 is 0 Å². The van der Waals surface area contributed by atoms with Crippen LogP contribution in [-0.4, -0.2) is 95.9 Å². The average molecular weight is 721 g/mol. The fourth-order valence-electron chi connectivity index (χ4n) is 5.17. The number of urea groups is 2. The minimum atomic E-state index is -4.71. The van der Waals surface area contributed by atoms with Crippen LogP contribution in [0.15, 0.2) is 48.5 Å². The Morgan fingerprint density at radius 2 is 1.67 bits per heavy atom. The number of carbonyl (C=O) groups excluding carboxylic acids is 4. The van der Waals surface area contributed by atoms with Gasteiger partial charge in [0.25, 0.3) is 5.91 Å². The number of phenols is 2. The van der Waals surface area contributed by atoms with Crippen molar-refractivity contribution in [2.75, 3.05) is 13.1 Å². The molecule has 2 aliphatic heterocycles. The van der Waals surface area contributed by atoms with Gasteiger partial charge < -0.3 is 45.4 Å². The summed E-state index contributed by atoms with van der Waals surface area (Å²) in [6, 6.07) is 4.28. The molecule has 0 saturated carbocycles. The maximum absolute atomic E-state index is 14.2. The van der Waals surface area contributed by atoms with Crippen LogP contribution in [0.25, 0.3) is 0 Å². The first-order valence-corrected chi connectivity index (χ1v) is 16.0. The van der Waals surface area contributed by atoms with Gasteiger partial charge in [-0.1, -0.05) is 29.8 Å². The standard InChI is InChI=1S/C28H24BClFN4O13P/c30-20-15(6-8-17(36)22(20)37)25(39)34-9-10-35(28(34)43)27(42)33-21(12-1-4-14(5-2-12)49(45,46)47)24(38)32-18-11-13-3-7-16(31)19(26(40)41)23(13)48-29(18)44/h1-8,18,21,36-37,44H,9-11H2,(H,32,38)(H,33,42)(H,40,41)(H2,45,46,47)/t18?,21-/m1/s1. The summed E-state index contributed by atoms with van der Waals surface area (Å²) >= 11 is 5.95. The number of aromatic carboxylic acids is 1. The molecule has 2 atom stereocenters. The van der Waals surface area contributed by atoms with Crippen LogP contribution >= 0.6 is 19.2 Å². The third-order valence-electron chi connectivity index (χ3n) is 7.67. The van der Waals surface area contributed by atoms with E-state index in [1.807, 2.05) is 0 Å². The number of nitrogens with zero attached hydrogens (tertiary/aromatic N) is 2. The number of hydrogen-bond donors (Lipinski definition) is 8. The molecule has 21 heteroatoms. The molecule has 0 aliphatic carbocycles. The Balaban J connectivity index is 1.38. The van der Waals surface area contributed by atoms with E-state index in [9.17, 15) is 63.1 Å². The molecule has 256 valence electrons. The minimum absolute atomic E-state index is 0.0455. The van der Waals surface area contributed by atoms with Gasteiger partial charge in [-0.25, -0.2) is 23.7 Å². The largest absolute Gasteiger partial charge is 0.547 e. The molecular formula is C28H24BClFN4O13P. The summed E-state index contributed by atoms with van der Waals surface area (Å²) in [5, 5.41) is 43.3. The van der Waals surface area contributed by atoms with Gasteiger partial charge in [0.2, 0.25) is 5.91 Å². The number of nitrogens with one attached hydrogen (secondary N) is 2. The number of halogens is 2. The summed E-state index contributed by atoms with van der Waals surface area (Å²) in [7, 11) is -6.61. The van der Waals surface area contributed by atoms with Crippen LogP contribution < -0.4 is 20.6 Å². The van der Waals surface area contributed by atoms with E-state index in [2.05, 4.69) is 10.6 Å². The van der Waals surface area contributed by atoms with E-state index in [0.29, 0.717) is 9.80 Å². The number of carboxylic acids is 1. The van der Waals surface area contributed by atoms with Gasteiger partial charge in [-0.05, 0) is 47.9 Å². The number of imide groups is 2. The minimum Gasteiger partial charge on any atom is -0.534 e. The van der Waals surface area contributed by atoms with Gasteiger partial charge in [0.05, 0.1) is 28.4 Å². The molecule has 3 aromatic rings. The first kappa shape index (κ1) is 35.1. The molecule has 0 aromatic heterocycles. The highest BCUT2D eigenvalue weighted by atomic mass is 35.5. The fraction of sp³-hybridized carbons (Fsp3) is 0.179. The molecule has 1 unspecified atom stereocenters. The van der Waals surface area contributed by atoms with Crippen LogP contribution in [0, 0.1) is 5.82 Å². The van der Waals surface area contributed by atoms with Crippen molar-refractivity contribution >= 4 is 61.5 Å². The van der Waals surface area contributed by atoms with Crippen molar-refractivity contribution in [3.8, 4) is 17.2 Å².